The molecule has 0 unspecified atom stereocenters. The predicted molar refractivity (Wildman–Crippen MR) is 101 cm³/mol. The molecule has 0 spiro atoms. The second-order valence-corrected chi connectivity index (χ2v) is 7.58. The van der Waals surface area contributed by atoms with Crippen molar-refractivity contribution in [3.63, 3.8) is 0 Å². The summed E-state index contributed by atoms with van der Waals surface area (Å²) in [5.74, 6) is -6.92. The number of nitrogens with zero attached hydrogens (tertiary/aromatic N) is 2. The van der Waals surface area contributed by atoms with E-state index in [1.54, 1.807) is 13.8 Å². The fourth-order valence-corrected chi connectivity index (χ4v) is 2.75. The molecule has 1 aromatic rings. The summed E-state index contributed by atoms with van der Waals surface area (Å²) in [5, 5.41) is 0. The highest BCUT2D eigenvalue weighted by Gasteiger charge is 2.69. The van der Waals surface area contributed by atoms with Gasteiger partial charge in [0.1, 0.15) is 12.4 Å². The zero-order valence-electron chi connectivity index (χ0n) is 17.1. The molecule has 11 heteroatoms. The average Bonchev–Trinajstić information content (AvgIpc) is 2.87. The van der Waals surface area contributed by atoms with Gasteiger partial charge in [-0.2, -0.15) is 13.8 Å². The van der Waals surface area contributed by atoms with Crippen LogP contribution in [0.4, 0.5) is 14.6 Å². The summed E-state index contributed by atoms with van der Waals surface area (Å²) in [6, 6.07) is 1.14. The molecule has 2 rings (SSSR count). The van der Waals surface area contributed by atoms with Crippen LogP contribution < -0.4 is 11.4 Å². The van der Waals surface area contributed by atoms with E-state index < -0.39 is 59.9 Å². The molecular formula is C19H25F2N3O6. The van der Waals surface area contributed by atoms with Crippen molar-refractivity contribution in [2.75, 3.05) is 12.3 Å². The number of nitrogens with two attached hydrogens (primary N) is 1. The van der Waals surface area contributed by atoms with Crippen molar-refractivity contribution in [2.45, 2.75) is 51.6 Å². The number of alkyl halides is 2. The largest absolute Gasteiger partial charge is 0.462 e. The third-order valence-electron chi connectivity index (χ3n) is 4.52. The maximum absolute atomic E-state index is 15.4. The van der Waals surface area contributed by atoms with Gasteiger partial charge in [0.25, 0.3) is 0 Å². The van der Waals surface area contributed by atoms with Crippen LogP contribution in [-0.2, 0) is 23.8 Å². The molecule has 0 amide bonds. The molecule has 166 valence electrons. The van der Waals surface area contributed by atoms with Crippen molar-refractivity contribution in [3.8, 4) is 0 Å². The Morgan fingerprint density at radius 2 is 1.93 bits per heavy atom. The van der Waals surface area contributed by atoms with E-state index in [9.17, 15) is 14.4 Å². The Labute approximate surface area is 171 Å². The summed E-state index contributed by atoms with van der Waals surface area (Å²) in [4.78, 5) is 39.6. The summed E-state index contributed by atoms with van der Waals surface area (Å²) >= 11 is 0. The number of carbonyl (C=O) groups excluding carboxylic acids is 2. The van der Waals surface area contributed by atoms with E-state index in [0.29, 0.717) is 4.57 Å². The van der Waals surface area contributed by atoms with Crippen LogP contribution in [0.25, 0.3) is 0 Å². The lowest BCUT2D eigenvalue weighted by atomic mass is 9.94. The van der Waals surface area contributed by atoms with Gasteiger partial charge < -0.3 is 19.9 Å². The van der Waals surface area contributed by atoms with Gasteiger partial charge in [0.15, 0.2) is 5.60 Å². The van der Waals surface area contributed by atoms with Crippen molar-refractivity contribution >= 4 is 17.8 Å². The number of anilines is 1. The quantitative estimate of drug-likeness (QED) is 0.513. The van der Waals surface area contributed by atoms with Crippen LogP contribution in [0.3, 0.4) is 0 Å². The van der Waals surface area contributed by atoms with E-state index in [-0.39, 0.29) is 5.82 Å². The van der Waals surface area contributed by atoms with Crippen LogP contribution >= 0.6 is 0 Å². The van der Waals surface area contributed by atoms with Gasteiger partial charge in [-0.1, -0.05) is 40.3 Å². The molecule has 2 N–H and O–H groups in total. The first-order valence-corrected chi connectivity index (χ1v) is 9.26. The lowest BCUT2D eigenvalue weighted by Crippen LogP contribution is -2.51. The van der Waals surface area contributed by atoms with Crippen LogP contribution in [0.1, 0.15) is 33.9 Å². The molecule has 0 saturated carbocycles. The Kier molecular flexibility index (Phi) is 6.65. The Morgan fingerprint density at radius 1 is 1.33 bits per heavy atom. The van der Waals surface area contributed by atoms with Gasteiger partial charge in [-0.25, -0.2) is 4.79 Å². The van der Waals surface area contributed by atoms with Gasteiger partial charge in [0, 0.05) is 6.20 Å². The first-order valence-electron chi connectivity index (χ1n) is 9.26. The van der Waals surface area contributed by atoms with Crippen molar-refractivity contribution in [3.05, 3.63) is 35.4 Å². The molecule has 2 heterocycles. The first-order chi connectivity index (χ1) is 13.9. The van der Waals surface area contributed by atoms with Gasteiger partial charge in [-0.15, -0.1) is 0 Å². The minimum Gasteiger partial charge on any atom is -0.462 e. The summed E-state index contributed by atoms with van der Waals surface area (Å²) in [5.41, 5.74) is 2.22. The lowest BCUT2D eigenvalue weighted by molar-refractivity contribution is -0.183. The molecule has 1 aliphatic heterocycles. The fourth-order valence-electron chi connectivity index (χ4n) is 2.75. The molecule has 0 aromatic carbocycles. The topological polar surface area (TPSA) is 123 Å². The highest BCUT2D eigenvalue weighted by Crippen LogP contribution is 2.50. The van der Waals surface area contributed by atoms with Gasteiger partial charge in [0.2, 0.25) is 12.3 Å². The second-order valence-electron chi connectivity index (χ2n) is 7.58. The minimum absolute atomic E-state index is 0.166. The fraction of sp³-hybridized carbons (Fsp3) is 0.579. The van der Waals surface area contributed by atoms with Crippen molar-refractivity contribution < 1.29 is 32.6 Å². The molecule has 3 atom stereocenters. The lowest BCUT2D eigenvalue weighted by Gasteiger charge is -2.31. The number of aromatic nitrogens is 2. The second kappa shape index (κ2) is 8.50. The highest BCUT2D eigenvalue weighted by molar-refractivity contribution is 5.72. The molecule has 30 heavy (non-hydrogen) atoms. The Balaban J connectivity index is 2.53. The molecule has 1 aromatic heterocycles. The third kappa shape index (κ3) is 4.35. The summed E-state index contributed by atoms with van der Waals surface area (Å²) in [6.07, 6.45) is -2.46. The van der Waals surface area contributed by atoms with E-state index in [1.807, 2.05) is 0 Å². The highest BCUT2D eigenvalue weighted by atomic mass is 19.3. The van der Waals surface area contributed by atoms with E-state index >= 15 is 8.78 Å². The third-order valence-corrected chi connectivity index (χ3v) is 4.52. The monoisotopic (exact) mass is 429 g/mol. The molecule has 9 nitrogen and oxygen atoms in total. The molecule has 1 aliphatic rings. The van der Waals surface area contributed by atoms with Crippen molar-refractivity contribution in [2.24, 2.45) is 11.8 Å². The number of rotatable bonds is 7. The molecular weight excluding hydrogens is 404 g/mol. The van der Waals surface area contributed by atoms with Gasteiger partial charge in [0.05, 0.1) is 11.8 Å². The molecule has 0 bridgehead atoms. The molecule has 0 aliphatic carbocycles. The zero-order valence-corrected chi connectivity index (χ0v) is 17.1. The number of hydrogen-bond acceptors (Lipinski definition) is 8. The van der Waals surface area contributed by atoms with E-state index in [4.69, 9.17) is 19.9 Å². The average molecular weight is 429 g/mol. The summed E-state index contributed by atoms with van der Waals surface area (Å²) in [6.45, 7) is 8.86. The van der Waals surface area contributed by atoms with Crippen LogP contribution in [0, 0.1) is 11.8 Å². The number of nitrogen functional groups attached to an aromatic ring is 1. The zero-order chi connectivity index (χ0) is 22.9. The number of esters is 2. The van der Waals surface area contributed by atoms with E-state index in [1.165, 1.54) is 13.8 Å². The first kappa shape index (κ1) is 23.5. The number of halogens is 2. The SMILES string of the molecule is C=C[C@]1(COC(=O)C(C)C)O[C@@H](n2ccc(N)nc2=O)C(F)(F)[C@@H]1OC(=O)C(C)C. The molecule has 0 radical (unpaired) electrons. The minimum atomic E-state index is -3.90. The predicted octanol–water partition coefficient (Wildman–Crippen LogP) is 1.68. The Bertz CT molecular complexity index is 885. The van der Waals surface area contributed by atoms with Gasteiger partial charge in [-0.3, -0.25) is 14.2 Å². The number of ether oxygens (including phenoxy) is 3. The standard InChI is InChI=1S/C19H25F2N3O6/c1-6-18(9-28-13(25)10(2)3)15(29-14(26)11(4)5)19(20,21)16(30-18)24-8-7-12(22)23-17(24)27/h6-8,10-11,15-16H,1,9H2,2-5H3,(H2,22,23,27)/t15-,16-,18-/m1/s1. The molecule has 1 saturated heterocycles. The van der Waals surface area contributed by atoms with Crippen LogP contribution in [0.2, 0.25) is 0 Å². The van der Waals surface area contributed by atoms with Gasteiger partial charge in [-0.05, 0) is 6.07 Å². The Hall–Kier alpha value is -2.82. The number of hydrogen-bond donors (Lipinski definition) is 1. The summed E-state index contributed by atoms with van der Waals surface area (Å²) < 4.78 is 47.0. The van der Waals surface area contributed by atoms with Crippen molar-refractivity contribution in [1.82, 2.24) is 9.55 Å². The number of carbonyl (C=O) groups is 2. The maximum Gasteiger partial charge on any atom is 0.351 e. The van der Waals surface area contributed by atoms with Gasteiger partial charge >= 0.3 is 23.6 Å². The Morgan fingerprint density at radius 3 is 2.43 bits per heavy atom. The molecule has 1 fully saturated rings. The van der Waals surface area contributed by atoms with E-state index in [2.05, 4.69) is 11.6 Å². The maximum atomic E-state index is 15.4. The normalized spacial score (nSPS) is 25.3. The van der Waals surface area contributed by atoms with Crippen molar-refractivity contribution in [1.29, 1.82) is 0 Å². The summed E-state index contributed by atoms with van der Waals surface area (Å²) in [7, 11) is 0. The van der Waals surface area contributed by atoms with E-state index in [0.717, 1.165) is 18.3 Å². The van der Waals surface area contributed by atoms with Crippen LogP contribution in [0.15, 0.2) is 29.7 Å². The van der Waals surface area contributed by atoms with Crippen LogP contribution in [0.5, 0.6) is 0 Å². The smallest absolute Gasteiger partial charge is 0.351 e. The van der Waals surface area contributed by atoms with Crippen LogP contribution in [-0.4, -0.2) is 45.7 Å².